The van der Waals surface area contributed by atoms with Crippen LogP contribution in [0.1, 0.15) is 31.4 Å². The summed E-state index contributed by atoms with van der Waals surface area (Å²) in [7, 11) is 0. The molecule has 1 rings (SSSR count). The fourth-order valence-electron chi connectivity index (χ4n) is 1.28. The van der Waals surface area contributed by atoms with E-state index in [0.29, 0.717) is 12.5 Å². The van der Waals surface area contributed by atoms with Crippen LogP contribution in [0.4, 0.5) is 0 Å². The van der Waals surface area contributed by atoms with Crippen LogP contribution in [0, 0.1) is 0 Å². The molecule has 1 aromatic rings. The van der Waals surface area contributed by atoms with Crippen LogP contribution >= 0.6 is 0 Å². The first-order valence-corrected chi connectivity index (χ1v) is 4.34. The second kappa shape index (κ2) is 4.83. The van der Waals surface area contributed by atoms with E-state index in [9.17, 15) is 0 Å². The van der Waals surface area contributed by atoms with Crippen molar-refractivity contribution in [1.82, 2.24) is 9.97 Å². The molecule has 0 aliphatic rings. The largest absolute Gasteiger partial charge is 0.330 e. The van der Waals surface area contributed by atoms with Crippen molar-refractivity contribution in [2.75, 3.05) is 6.54 Å². The zero-order chi connectivity index (χ0) is 8.81. The topological polar surface area (TPSA) is 51.8 Å². The third-order valence-electron chi connectivity index (χ3n) is 1.94. The van der Waals surface area contributed by atoms with Gasteiger partial charge >= 0.3 is 0 Å². The molecule has 0 radical (unpaired) electrons. The smallest absolute Gasteiger partial charge is 0.115 e. The Morgan fingerprint density at radius 1 is 1.58 bits per heavy atom. The summed E-state index contributed by atoms with van der Waals surface area (Å²) < 4.78 is 0. The highest BCUT2D eigenvalue weighted by Gasteiger charge is 2.08. The first-order valence-electron chi connectivity index (χ1n) is 4.34. The van der Waals surface area contributed by atoms with Gasteiger partial charge in [0.1, 0.15) is 6.33 Å². The molecule has 2 N–H and O–H groups in total. The molecule has 3 heteroatoms. The normalized spacial score (nSPS) is 12.8. The summed E-state index contributed by atoms with van der Waals surface area (Å²) >= 11 is 0. The fraction of sp³-hybridized carbons (Fsp3) is 0.556. The lowest BCUT2D eigenvalue weighted by molar-refractivity contribution is 0.605. The molecule has 1 atom stereocenters. The Kier molecular flexibility index (Phi) is 3.67. The lowest BCUT2D eigenvalue weighted by Crippen LogP contribution is -2.13. The highest BCUT2D eigenvalue weighted by molar-refractivity contribution is 5.05. The molecule has 0 saturated heterocycles. The number of aromatic nitrogens is 2. The Morgan fingerprint density at radius 2 is 2.42 bits per heavy atom. The summed E-state index contributed by atoms with van der Waals surface area (Å²) in [5.41, 5.74) is 6.69. The molecular weight excluding hydrogens is 150 g/mol. The summed E-state index contributed by atoms with van der Waals surface area (Å²) in [5, 5.41) is 0. The average molecular weight is 165 g/mol. The van der Waals surface area contributed by atoms with Crippen molar-refractivity contribution in [3.63, 3.8) is 0 Å². The summed E-state index contributed by atoms with van der Waals surface area (Å²) in [5.74, 6) is 0.401. The minimum absolute atomic E-state index is 0.401. The van der Waals surface area contributed by atoms with Gasteiger partial charge in [-0.1, -0.05) is 13.3 Å². The van der Waals surface area contributed by atoms with E-state index >= 15 is 0 Å². The fourth-order valence-corrected chi connectivity index (χ4v) is 1.28. The predicted octanol–water partition coefficient (Wildman–Crippen LogP) is 1.32. The molecule has 12 heavy (non-hydrogen) atoms. The van der Waals surface area contributed by atoms with Crippen LogP contribution in [0.15, 0.2) is 18.6 Å². The molecule has 0 fully saturated rings. The van der Waals surface area contributed by atoms with Crippen molar-refractivity contribution >= 4 is 0 Å². The number of hydrogen-bond acceptors (Lipinski definition) is 3. The standard InChI is InChI=1S/C9H15N3/c1-2-3-8(6-10)9-4-5-11-7-12-9/h4-5,7-8H,2-3,6,10H2,1H3. The first kappa shape index (κ1) is 9.13. The van der Waals surface area contributed by atoms with Gasteiger partial charge in [-0.05, 0) is 12.5 Å². The van der Waals surface area contributed by atoms with Crippen molar-refractivity contribution < 1.29 is 0 Å². The minimum atomic E-state index is 0.401. The molecule has 0 spiro atoms. The zero-order valence-electron chi connectivity index (χ0n) is 7.40. The van der Waals surface area contributed by atoms with Gasteiger partial charge in [-0.15, -0.1) is 0 Å². The van der Waals surface area contributed by atoms with Crippen molar-refractivity contribution in [3.8, 4) is 0 Å². The third kappa shape index (κ3) is 2.27. The molecule has 1 unspecified atom stereocenters. The van der Waals surface area contributed by atoms with Crippen LogP contribution in [-0.4, -0.2) is 16.5 Å². The maximum Gasteiger partial charge on any atom is 0.115 e. The lowest BCUT2D eigenvalue weighted by Gasteiger charge is -2.11. The highest BCUT2D eigenvalue weighted by atomic mass is 14.8. The first-order chi connectivity index (χ1) is 5.88. The summed E-state index contributed by atoms with van der Waals surface area (Å²) in [6.07, 6.45) is 5.59. The van der Waals surface area contributed by atoms with Gasteiger partial charge in [0, 0.05) is 24.4 Å². The number of nitrogens with zero attached hydrogens (tertiary/aromatic N) is 2. The Balaban J connectivity index is 2.66. The quantitative estimate of drug-likeness (QED) is 0.732. The molecule has 0 aliphatic heterocycles. The van der Waals surface area contributed by atoms with E-state index in [2.05, 4.69) is 16.9 Å². The van der Waals surface area contributed by atoms with Crippen molar-refractivity contribution in [3.05, 3.63) is 24.3 Å². The van der Waals surface area contributed by atoms with Crippen molar-refractivity contribution in [2.24, 2.45) is 5.73 Å². The van der Waals surface area contributed by atoms with Gasteiger partial charge in [-0.25, -0.2) is 9.97 Å². The van der Waals surface area contributed by atoms with E-state index < -0.39 is 0 Å². The van der Waals surface area contributed by atoms with Gasteiger partial charge < -0.3 is 5.73 Å². The van der Waals surface area contributed by atoms with Crippen LogP contribution < -0.4 is 5.73 Å². The van der Waals surface area contributed by atoms with E-state index in [-0.39, 0.29) is 0 Å². The molecule has 1 aromatic heterocycles. The highest BCUT2D eigenvalue weighted by Crippen LogP contribution is 2.16. The van der Waals surface area contributed by atoms with Gasteiger partial charge in [0.15, 0.2) is 0 Å². The molecule has 0 amide bonds. The van der Waals surface area contributed by atoms with Crippen LogP contribution in [-0.2, 0) is 0 Å². The number of nitrogens with two attached hydrogens (primary N) is 1. The Bertz CT molecular complexity index is 210. The second-order valence-electron chi connectivity index (χ2n) is 2.86. The van der Waals surface area contributed by atoms with Crippen LogP contribution in [0.25, 0.3) is 0 Å². The van der Waals surface area contributed by atoms with Crippen molar-refractivity contribution in [2.45, 2.75) is 25.7 Å². The molecular formula is C9H15N3. The van der Waals surface area contributed by atoms with Gasteiger partial charge in [0.2, 0.25) is 0 Å². The van der Waals surface area contributed by atoms with Crippen LogP contribution in [0.5, 0.6) is 0 Å². The third-order valence-corrected chi connectivity index (χ3v) is 1.94. The maximum atomic E-state index is 5.63. The van der Waals surface area contributed by atoms with Crippen molar-refractivity contribution in [1.29, 1.82) is 0 Å². The minimum Gasteiger partial charge on any atom is -0.330 e. The van der Waals surface area contributed by atoms with Crippen LogP contribution in [0.3, 0.4) is 0 Å². The maximum absolute atomic E-state index is 5.63. The van der Waals surface area contributed by atoms with Crippen LogP contribution in [0.2, 0.25) is 0 Å². The van der Waals surface area contributed by atoms with Gasteiger partial charge in [-0.3, -0.25) is 0 Å². The predicted molar refractivity (Wildman–Crippen MR) is 48.7 cm³/mol. The molecule has 0 bridgehead atoms. The van der Waals surface area contributed by atoms with Gasteiger partial charge in [-0.2, -0.15) is 0 Å². The second-order valence-corrected chi connectivity index (χ2v) is 2.86. The number of rotatable bonds is 4. The van der Waals surface area contributed by atoms with E-state index in [0.717, 1.165) is 18.5 Å². The molecule has 0 saturated carbocycles. The Morgan fingerprint density at radius 3 is 2.92 bits per heavy atom. The number of hydrogen-bond donors (Lipinski definition) is 1. The summed E-state index contributed by atoms with van der Waals surface area (Å²) in [4.78, 5) is 8.05. The van der Waals surface area contributed by atoms with E-state index in [1.807, 2.05) is 6.07 Å². The molecule has 0 aliphatic carbocycles. The average Bonchev–Trinajstić information content (AvgIpc) is 2.15. The molecule has 0 aromatic carbocycles. The van der Waals surface area contributed by atoms with Gasteiger partial charge in [0.25, 0.3) is 0 Å². The van der Waals surface area contributed by atoms with E-state index in [4.69, 9.17) is 5.73 Å². The monoisotopic (exact) mass is 165 g/mol. The van der Waals surface area contributed by atoms with E-state index in [1.54, 1.807) is 12.5 Å². The Labute approximate surface area is 73.0 Å². The molecule has 3 nitrogen and oxygen atoms in total. The summed E-state index contributed by atoms with van der Waals surface area (Å²) in [6, 6.07) is 1.94. The Hall–Kier alpha value is -0.960. The molecule has 66 valence electrons. The molecule has 1 heterocycles. The SMILES string of the molecule is CCCC(CN)c1ccncn1. The van der Waals surface area contributed by atoms with Gasteiger partial charge in [0.05, 0.1) is 0 Å². The van der Waals surface area contributed by atoms with E-state index in [1.165, 1.54) is 0 Å². The summed E-state index contributed by atoms with van der Waals surface area (Å²) in [6.45, 7) is 2.83. The zero-order valence-corrected chi connectivity index (χ0v) is 7.40. The lowest BCUT2D eigenvalue weighted by atomic mass is 10.00.